The summed E-state index contributed by atoms with van der Waals surface area (Å²) < 4.78 is 11.3. The Morgan fingerprint density at radius 3 is 2.57 bits per heavy atom. The predicted molar refractivity (Wildman–Crippen MR) is 83.7 cm³/mol. The first-order valence-corrected chi connectivity index (χ1v) is 8.58. The van der Waals surface area contributed by atoms with Crippen LogP contribution < -0.4 is 4.74 Å². The first-order chi connectivity index (χ1) is 10.4. The van der Waals surface area contributed by atoms with E-state index in [2.05, 4.69) is 17.1 Å². The zero-order valence-corrected chi connectivity index (χ0v) is 12.9. The number of pyridine rings is 1. The molecular weight excluding hydrogens is 262 g/mol. The van der Waals surface area contributed by atoms with Crippen molar-refractivity contribution in [3.05, 3.63) is 24.0 Å². The highest BCUT2D eigenvalue weighted by atomic mass is 16.5. The minimum absolute atomic E-state index is 0.565. The summed E-state index contributed by atoms with van der Waals surface area (Å²) in [5.74, 6) is 2.37. The van der Waals surface area contributed by atoms with E-state index in [1.54, 1.807) is 0 Å². The first-order valence-electron chi connectivity index (χ1n) is 8.58. The Balaban J connectivity index is 1.43. The zero-order chi connectivity index (χ0) is 14.3. The molecule has 21 heavy (non-hydrogen) atoms. The Morgan fingerprint density at radius 1 is 1.05 bits per heavy atom. The van der Waals surface area contributed by atoms with Gasteiger partial charge in [0.2, 0.25) is 0 Å². The second kappa shape index (κ2) is 7.79. The van der Waals surface area contributed by atoms with Crippen LogP contribution in [0.3, 0.4) is 0 Å². The molecule has 0 aromatic carbocycles. The SMILES string of the molecule is c1cc(C2CCOCC2)ncc1OCCC1CCCCC1. The third kappa shape index (κ3) is 4.44. The second-order valence-electron chi connectivity index (χ2n) is 6.45. The van der Waals surface area contributed by atoms with E-state index >= 15 is 0 Å². The molecule has 3 heteroatoms. The van der Waals surface area contributed by atoms with Gasteiger partial charge in [-0.15, -0.1) is 0 Å². The van der Waals surface area contributed by atoms with Crippen molar-refractivity contribution in [2.75, 3.05) is 19.8 Å². The van der Waals surface area contributed by atoms with Crippen molar-refractivity contribution in [1.29, 1.82) is 0 Å². The number of hydrogen-bond donors (Lipinski definition) is 0. The van der Waals surface area contributed by atoms with Crippen molar-refractivity contribution >= 4 is 0 Å². The molecule has 116 valence electrons. The molecule has 0 unspecified atom stereocenters. The van der Waals surface area contributed by atoms with Gasteiger partial charge in [-0.2, -0.15) is 0 Å². The van der Waals surface area contributed by atoms with Crippen LogP contribution in [0.25, 0.3) is 0 Å². The average molecular weight is 289 g/mol. The molecule has 0 amide bonds. The maximum absolute atomic E-state index is 5.86. The summed E-state index contributed by atoms with van der Waals surface area (Å²) in [6, 6.07) is 4.21. The molecule has 1 saturated heterocycles. The van der Waals surface area contributed by atoms with E-state index < -0.39 is 0 Å². The molecule has 0 spiro atoms. The van der Waals surface area contributed by atoms with Crippen molar-refractivity contribution < 1.29 is 9.47 Å². The molecule has 1 aromatic heterocycles. The number of nitrogens with zero attached hydrogens (tertiary/aromatic N) is 1. The van der Waals surface area contributed by atoms with Crippen LogP contribution in [-0.4, -0.2) is 24.8 Å². The number of hydrogen-bond acceptors (Lipinski definition) is 3. The molecule has 2 fully saturated rings. The summed E-state index contributed by atoms with van der Waals surface area (Å²) in [5, 5.41) is 0. The summed E-state index contributed by atoms with van der Waals surface area (Å²) in [7, 11) is 0. The molecule has 1 aliphatic carbocycles. The van der Waals surface area contributed by atoms with Gasteiger partial charge in [-0.25, -0.2) is 0 Å². The fraction of sp³-hybridized carbons (Fsp3) is 0.722. The summed E-state index contributed by atoms with van der Waals surface area (Å²) in [6.45, 7) is 2.57. The zero-order valence-electron chi connectivity index (χ0n) is 12.9. The smallest absolute Gasteiger partial charge is 0.137 e. The monoisotopic (exact) mass is 289 g/mol. The van der Waals surface area contributed by atoms with Crippen LogP contribution in [0.15, 0.2) is 18.3 Å². The fourth-order valence-electron chi connectivity index (χ4n) is 3.53. The Bertz CT molecular complexity index is 406. The van der Waals surface area contributed by atoms with Crippen molar-refractivity contribution in [1.82, 2.24) is 4.98 Å². The number of ether oxygens (including phenoxy) is 2. The lowest BCUT2D eigenvalue weighted by molar-refractivity contribution is 0.0845. The Kier molecular flexibility index (Phi) is 5.50. The maximum Gasteiger partial charge on any atom is 0.137 e. The molecule has 0 N–H and O–H groups in total. The van der Waals surface area contributed by atoms with E-state index in [4.69, 9.17) is 9.47 Å². The van der Waals surface area contributed by atoms with E-state index in [1.165, 1.54) is 44.2 Å². The van der Waals surface area contributed by atoms with E-state index in [0.29, 0.717) is 5.92 Å². The van der Waals surface area contributed by atoms with Crippen LogP contribution in [-0.2, 0) is 4.74 Å². The van der Waals surface area contributed by atoms with Gasteiger partial charge in [-0.05, 0) is 37.3 Å². The quantitative estimate of drug-likeness (QED) is 0.808. The van der Waals surface area contributed by atoms with Gasteiger partial charge >= 0.3 is 0 Å². The van der Waals surface area contributed by atoms with Gasteiger partial charge in [0.25, 0.3) is 0 Å². The van der Waals surface area contributed by atoms with Gasteiger partial charge in [0.15, 0.2) is 0 Å². The van der Waals surface area contributed by atoms with Crippen LogP contribution in [0.4, 0.5) is 0 Å². The highest BCUT2D eigenvalue weighted by Crippen LogP contribution is 2.28. The highest BCUT2D eigenvalue weighted by molar-refractivity contribution is 5.22. The van der Waals surface area contributed by atoms with E-state index in [0.717, 1.165) is 44.3 Å². The predicted octanol–water partition coefficient (Wildman–Crippen LogP) is 4.32. The van der Waals surface area contributed by atoms with Crippen LogP contribution in [0.2, 0.25) is 0 Å². The van der Waals surface area contributed by atoms with Gasteiger partial charge in [-0.1, -0.05) is 32.1 Å². The second-order valence-corrected chi connectivity index (χ2v) is 6.45. The summed E-state index contributed by atoms with van der Waals surface area (Å²) in [4.78, 5) is 4.59. The van der Waals surface area contributed by atoms with E-state index in [1.807, 2.05) is 6.20 Å². The Hall–Kier alpha value is -1.09. The van der Waals surface area contributed by atoms with Crippen molar-refractivity contribution in [2.45, 2.75) is 57.3 Å². The van der Waals surface area contributed by atoms with Gasteiger partial charge < -0.3 is 9.47 Å². The molecule has 3 nitrogen and oxygen atoms in total. The largest absolute Gasteiger partial charge is 0.492 e. The van der Waals surface area contributed by atoms with Crippen molar-refractivity contribution in [2.24, 2.45) is 5.92 Å². The van der Waals surface area contributed by atoms with Crippen molar-refractivity contribution in [3.8, 4) is 5.75 Å². The van der Waals surface area contributed by atoms with Crippen LogP contribution in [0.1, 0.15) is 63.0 Å². The number of aromatic nitrogens is 1. The average Bonchev–Trinajstić information content (AvgIpc) is 2.57. The molecule has 1 saturated carbocycles. The Labute approximate surface area is 128 Å². The molecule has 3 rings (SSSR count). The topological polar surface area (TPSA) is 31.4 Å². The van der Waals surface area contributed by atoms with Gasteiger partial charge in [0.1, 0.15) is 5.75 Å². The molecule has 0 radical (unpaired) electrons. The van der Waals surface area contributed by atoms with Gasteiger partial charge in [-0.3, -0.25) is 4.98 Å². The highest BCUT2D eigenvalue weighted by Gasteiger charge is 2.17. The third-order valence-corrected chi connectivity index (χ3v) is 4.92. The molecule has 2 aliphatic rings. The van der Waals surface area contributed by atoms with E-state index in [-0.39, 0.29) is 0 Å². The molecule has 0 bridgehead atoms. The Morgan fingerprint density at radius 2 is 1.86 bits per heavy atom. The molecular formula is C18H27NO2. The normalized spacial score (nSPS) is 21.3. The van der Waals surface area contributed by atoms with E-state index in [9.17, 15) is 0 Å². The fourth-order valence-corrected chi connectivity index (χ4v) is 3.53. The summed E-state index contributed by atoms with van der Waals surface area (Å²) in [5.41, 5.74) is 1.19. The third-order valence-electron chi connectivity index (χ3n) is 4.92. The molecule has 1 aliphatic heterocycles. The lowest BCUT2D eigenvalue weighted by Gasteiger charge is -2.22. The molecule has 0 atom stereocenters. The van der Waals surface area contributed by atoms with Crippen LogP contribution in [0, 0.1) is 5.92 Å². The molecule has 2 heterocycles. The van der Waals surface area contributed by atoms with Gasteiger partial charge in [0, 0.05) is 24.8 Å². The van der Waals surface area contributed by atoms with Crippen LogP contribution >= 0.6 is 0 Å². The first kappa shape index (κ1) is 14.8. The minimum Gasteiger partial charge on any atom is -0.492 e. The summed E-state index contributed by atoms with van der Waals surface area (Å²) >= 11 is 0. The van der Waals surface area contributed by atoms with Crippen molar-refractivity contribution in [3.63, 3.8) is 0 Å². The standard InChI is InChI=1S/C18H27NO2/c1-2-4-15(5-3-1)8-13-21-17-6-7-18(19-14-17)16-9-11-20-12-10-16/h6-7,14-16H,1-5,8-13H2. The maximum atomic E-state index is 5.86. The van der Waals surface area contributed by atoms with Crippen LogP contribution in [0.5, 0.6) is 5.75 Å². The lowest BCUT2D eigenvalue weighted by Crippen LogP contribution is -2.15. The lowest BCUT2D eigenvalue weighted by atomic mass is 9.87. The minimum atomic E-state index is 0.565. The van der Waals surface area contributed by atoms with Gasteiger partial charge in [0.05, 0.1) is 12.8 Å². The summed E-state index contributed by atoms with van der Waals surface area (Å²) in [6.07, 6.45) is 12.3. The number of rotatable bonds is 5. The molecule has 1 aromatic rings.